The van der Waals surface area contributed by atoms with Gasteiger partial charge in [0, 0.05) is 24.5 Å². The van der Waals surface area contributed by atoms with Crippen molar-refractivity contribution in [1.29, 1.82) is 0 Å². The summed E-state index contributed by atoms with van der Waals surface area (Å²) in [6.07, 6.45) is 4.27. The average Bonchev–Trinajstić information content (AvgIpc) is 2.92. The van der Waals surface area contributed by atoms with Crippen molar-refractivity contribution in [3.63, 3.8) is 0 Å². The van der Waals surface area contributed by atoms with Crippen LogP contribution in [0.3, 0.4) is 0 Å². The predicted octanol–water partition coefficient (Wildman–Crippen LogP) is 2.63. The maximum absolute atomic E-state index is 13.0. The zero-order valence-corrected chi connectivity index (χ0v) is 10.6. The molecule has 0 aliphatic heterocycles. The summed E-state index contributed by atoms with van der Waals surface area (Å²) in [6, 6.07) is 9.05. The topological polar surface area (TPSA) is 57.8 Å². The number of pyridine rings is 1. The Labute approximate surface area is 114 Å². The van der Waals surface area contributed by atoms with Gasteiger partial charge in [0.15, 0.2) is 0 Å². The molecule has 2 aromatic heterocycles. The molecule has 2 N–H and O–H groups in total. The Morgan fingerprint density at radius 2 is 2.15 bits per heavy atom. The van der Waals surface area contributed by atoms with Gasteiger partial charge in [-0.3, -0.25) is 9.78 Å². The molecule has 0 saturated heterocycles. The number of halogens is 1. The fourth-order valence-electron chi connectivity index (χ4n) is 2.03. The van der Waals surface area contributed by atoms with Gasteiger partial charge < -0.3 is 10.3 Å². The molecule has 3 rings (SSSR count). The predicted molar refractivity (Wildman–Crippen MR) is 73.7 cm³/mol. The number of H-pyrrole nitrogens is 1. The number of aromatic nitrogens is 2. The molecule has 0 atom stereocenters. The molecule has 0 saturated carbocycles. The zero-order valence-electron chi connectivity index (χ0n) is 10.6. The van der Waals surface area contributed by atoms with Crippen molar-refractivity contribution in [2.75, 3.05) is 0 Å². The van der Waals surface area contributed by atoms with Gasteiger partial charge in [0.1, 0.15) is 5.82 Å². The van der Waals surface area contributed by atoms with Crippen LogP contribution in [-0.4, -0.2) is 15.9 Å². The van der Waals surface area contributed by atoms with E-state index in [2.05, 4.69) is 15.3 Å². The second kappa shape index (κ2) is 5.13. The number of nitrogens with zero attached hydrogens (tertiary/aromatic N) is 1. The van der Waals surface area contributed by atoms with Crippen LogP contribution >= 0.6 is 0 Å². The van der Waals surface area contributed by atoms with E-state index in [9.17, 15) is 9.18 Å². The Bertz CT molecular complexity index is 766. The highest BCUT2D eigenvalue weighted by molar-refractivity contribution is 5.93. The SMILES string of the molecule is O=C(NCc1ccc2cc[nH]c2c1)c1cncc(F)c1. The number of benzene rings is 1. The molecule has 0 aliphatic carbocycles. The first-order chi connectivity index (χ1) is 9.72. The average molecular weight is 269 g/mol. The molecule has 2 heterocycles. The van der Waals surface area contributed by atoms with E-state index in [0.717, 1.165) is 28.7 Å². The summed E-state index contributed by atoms with van der Waals surface area (Å²) in [5, 5.41) is 3.86. The normalized spacial score (nSPS) is 10.7. The van der Waals surface area contributed by atoms with Crippen LogP contribution in [0, 0.1) is 5.82 Å². The maximum Gasteiger partial charge on any atom is 0.253 e. The lowest BCUT2D eigenvalue weighted by molar-refractivity contribution is 0.0950. The molecule has 5 heteroatoms. The molecule has 1 amide bonds. The van der Waals surface area contributed by atoms with Gasteiger partial charge in [-0.15, -0.1) is 0 Å². The van der Waals surface area contributed by atoms with Gasteiger partial charge in [-0.25, -0.2) is 4.39 Å². The Balaban J connectivity index is 1.71. The van der Waals surface area contributed by atoms with Gasteiger partial charge in [0.25, 0.3) is 5.91 Å². The Morgan fingerprint density at radius 1 is 1.25 bits per heavy atom. The molecule has 0 bridgehead atoms. The third kappa shape index (κ3) is 2.51. The summed E-state index contributed by atoms with van der Waals surface area (Å²) in [6.45, 7) is 0.379. The van der Waals surface area contributed by atoms with E-state index < -0.39 is 5.82 Å². The highest BCUT2D eigenvalue weighted by Gasteiger charge is 2.07. The number of fused-ring (bicyclic) bond motifs is 1. The standard InChI is InChI=1S/C15H12FN3O/c16-13-6-12(8-17-9-13)15(20)19-7-10-1-2-11-3-4-18-14(11)5-10/h1-6,8-9,18H,7H2,(H,19,20). The second-order valence-corrected chi connectivity index (χ2v) is 4.47. The molecule has 3 aromatic rings. The van der Waals surface area contributed by atoms with Crippen molar-refractivity contribution in [3.8, 4) is 0 Å². The second-order valence-electron chi connectivity index (χ2n) is 4.47. The molecular formula is C15H12FN3O. The van der Waals surface area contributed by atoms with Crippen LogP contribution in [-0.2, 0) is 6.54 Å². The highest BCUT2D eigenvalue weighted by Crippen LogP contribution is 2.14. The first kappa shape index (κ1) is 12.3. The largest absolute Gasteiger partial charge is 0.361 e. The molecule has 20 heavy (non-hydrogen) atoms. The number of hydrogen-bond donors (Lipinski definition) is 2. The summed E-state index contributed by atoms with van der Waals surface area (Å²) >= 11 is 0. The smallest absolute Gasteiger partial charge is 0.253 e. The third-order valence-corrected chi connectivity index (χ3v) is 3.04. The van der Waals surface area contributed by atoms with E-state index in [1.54, 1.807) is 0 Å². The van der Waals surface area contributed by atoms with E-state index in [1.807, 2.05) is 30.5 Å². The lowest BCUT2D eigenvalue weighted by Gasteiger charge is -2.05. The van der Waals surface area contributed by atoms with Crippen molar-refractivity contribution in [2.45, 2.75) is 6.54 Å². The number of amides is 1. The number of aromatic amines is 1. The Kier molecular flexibility index (Phi) is 3.16. The first-order valence-electron chi connectivity index (χ1n) is 6.17. The lowest BCUT2D eigenvalue weighted by Crippen LogP contribution is -2.23. The monoisotopic (exact) mass is 269 g/mol. The number of carbonyl (C=O) groups is 1. The van der Waals surface area contributed by atoms with E-state index in [0.29, 0.717) is 6.54 Å². The highest BCUT2D eigenvalue weighted by atomic mass is 19.1. The van der Waals surface area contributed by atoms with E-state index in [-0.39, 0.29) is 11.5 Å². The molecular weight excluding hydrogens is 257 g/mol. The van der Waals surface area contributed by atoms with Crippen LogP contribution in [0.5, 0.6) is 0 Å². The van der Waals surface area contributed by atoms with Crippen LogP contribution in [0.2, 0.25) is 0 Å². The Hall–Kier alpha value is -2.69. The molecule has 0 spiro atoms. The van der Waals surface area contributed by atoms with Crippen LogP contribution < -0.4 is 5.32 Å². The molecule has 100 valence electrons. The fourth-order valence-corrected chi connectivity index (χ4v) is 2.03. The molecule has 1 aromatic carbocycles. The molecule has 0 unspecified atom stereocenters. The van der Waals surface area contributed by atoms with E-state index in [1.165, 1.54) is 6.20 Å². The summed E-state index contributed by atoms with van der Waals surface area (Å²) in [7, 11) is 0. The minimum Gasteiger partial charge on any atom is -0.361 e. The molecule has 0 radical (unpaired) electrons. The molecule has 0 aliphatic rings. The summed E-state index contributed by atoms with van der Waals surface area (Å²) in [4.78, 5) is 18.6. The molecule has 4 nitrogen and oxygen atoms in total. The van der Waals surface area contributed by atoms with Crippen LogP contribution in [0.15, 0.2) is 48.9 Å². The number of nitrogens with one attached hydrogen (secondary N) is 2. The quantitative estimate of drug-likeness (QED) is 0.768. The third-order valence-electron chi connectivity index (χ3n) is 3.04. The minimum absolute atomic E-state index is 0.214. The van der Waals surface area contributed by atoms with E-state index >= 15 is 0 Å². The van der Waals surface area contributed by atoms with Crippen molar-refractivity contribution < 1.29 is 9.18 Å². The first-order valence-corrected chi connectivity index (χ1v) is 6.17. The maximum atomic E-state index is 13.0. The summed E-state index contributed by atoms with van der Waals surface area (Å²) < 4.78 is 13.0. The van der Waals surface area contributed by atoms with Crippen molar-refractivity contribution in [3.05, 3.63) is 65.9 Å². The van der Waals surface area contributed by atoms with Crippen LogP contribution in [0.1, 0.15) is 15.9 Å². The van der Waals surface area contributed by atoms with Crippen LogP contribution in [0.25, 0.3) is 10.9 Å². The number of hydrogen-bond acceptors (Lipinski definition) is 2. The van der Waals surface area contributed by atoms with Crippen molar-refractivity contribution in [2.24, 2.45) is 0 Å². The summed E-state index contributed by atoms with van der Waals surface area (Å²) in [5.41, 5.74) is 2.20. The van der Waals surface area contributed by atoms with Gasteiger partial charge in [0.2, 0.25) is 0 Å². The lowest BCUT2D eigenvalue weighted by atomic mass is 10.1. The minimum atomic E-state index is -0.523. The zero-order chi connectivity index (χ0) is 13.9. The van der Waals surface area contributed by atoms with Crippen molar-refractivity contribution >= 4 is 16.8 Å². The fraction of sp³-hybridized carbons (Fsp3) is 0.0667. The van der Waals surface area contributed by atoms with Gasteiger partial charge in [-0.05, 0) is 29.1 Å². The molecule has 0 fully saturated rings. The van der Waals surface area contributed by atoms with E-state index in [4.69, 9.17) is 0 Å². The van der Waals surface area contributed by atoms with Crippen molar-refractivity contribution in [1.82, 2.24) is 15.3 Å². The number of rotatable bonds is 3. The summed E-state index contributed by atoms with van der Waals surface area (Å²) in [5.74, 6) is -0.867. The van der Waals surface area contributed by atoms with Gasteiger partial charge in [-0.1, -0.05) is 12.1 Å². The van der Waals surface area contributed by atoms with Crippen LogP contribution in [0.4, 0.5) is 4.39 Å². The number of carbonyl (C=O) groups excluding carboxylic acids is 1. The van der Waals surface area contributed by atoms with Gasteiger partial charge in [-0.2, -0.15) is 0 Å². The van der Waals surface area contributed by atoms with Gasteiger partial charge in [0.05, 0.1) is 11.8 Å². The Morgan fingerprint density at radius 3 is 3.00 bits per heavy atom. The van der Waals surface area contributed by atoms with Gasteiger partial charge >= 0.3 is 0 Å².